The monoisotopic (exact) mass is 104 g/mol. The third-order valence-corrected chi connectivity index (χ3v) is 0.462. The minimum atomic E-state index is -0.875. The molecule has 0 heterocycles. The molecule has 1 unspecified atom stereocenters. The van der Waals surface area contributed by atoms with Gasteiger partial charge in [-0.15, -0.1) is 0 Å². The van der Waals surface area contributed by atoms with Crippen molar-refractivity contribution in [2.24, 2.45) is 10.7 Å². The lowest BCUT2D eigenvalue weighted by molar-refractivity contribution is 0.371. The molecule has 0 aliphatic carbocycles. The summed E-state index contributed by atoms with van der Waals surface area (Å²) in [6.45, 7) is 1.61. The van der Waals surface area contributed by atoms with Gasteiger partial charge in [0.25, 0.3) is 0 Å². The van der Waals surface area contributed by atoms with E-state index in [2.05, 4.69) is 4.99 Å². The Hall–Kier alpha value is -0.600. The summed E-state index contributed by atoms with van der Waals surface area (Å²) in [5, 5.41) is 0. The predicted octanol–water partition coefficient (Wildman–Crippen LogP) is 0.331. The number of alkyl halides is 1. The van der Waals surface area contributed by atoms with E-state index >= 15 is 0 Å². The van der Waals surface area contributed by atoms with Gasteiger partial charge in [0.2, 0.25) is 0 Å². The Morgan fingerprint density at radius 1 is 2.00 bits per heavy atom. The Morgan fingerprint density at radius 2 is 2.57 bits per heavy atom. The van der Waals surface area contributed by atoms with Crippen LogP contribution in [0.1, 0.15) is 6.92 Å². The minimum absolute atomic E-state index is 0.177. The number of hydrogen-bond donors (Lipinski definition) is 1. The largest absolute Gasteiger partial charge is 0.390 e. The molecule has 0 spiro atoms. The third kappa shape index (κ3) is 5.40. The Labute approximate surface area is 42.2 Å². The minimum Gasteiger partial charge on any atom is -0.390 e. The Morgan fingerprint density at radius 3 is 2.71 bits per heavy atom. The van der Waals surface area contributed by atoms with Gasteiger partial charge in [0.15, 0.2) is 0 Å². The van der Waals surface area contributed by atoms with Crippen LogP contribution >= 0.6 is 0 Å². The Bertz CT molecular complexity index is 60.7. The average Bonchev–Trinajstić information content (AvgIpc) is 1.61. The highest BCUT2D eigenvalue weighted by molar-refractivity contribution is 5.51. The summed E-state index contributed by atoms with van der Waals surface area (Å²) < 4.78 is 11.7. The fourth-order valence-electron chi connectivity index (χ4n) is 0.206. The van der Waals surface area contributed by atoms with E-state index in [9.17, 15) is 4.39 Å². The molecule has 7 heavy (non-hydrogen) atoms. The first kappa shape index (κ1) is 6.40. The zero-order chi connectivity index (χ0) is 5.70. The van der Waals surface area contributed by atoms with Gasteiger partial charge in [0, 0.05) is 0 Å². The van der Waals surface area contributed by atoms with Gasteiger partial charge < -0.3 is 5.73 Å². The molecule has 0 fully saturated rings. The normalized spacial score (nSPS) is 15.1. The third-order valence-electron chi connectivity index (χ3n) is 0.462. The lowest BCUT2D eigenvalue weighted by Crippen LogP contribution is -1.99. The maximum atomic E-state index is 11.7. The van der Waals surface area contributed by atoms with Crippen molar-refractivity contribution in [2.45, 2.75) is 13.1 Å². The highest BCUT2D eigenvalue weighted by atomic mass is 19.1. The predicted molar refractivity (Wildman–Crippen MR) is 28.1 cm³/mol. The van der Waals surface area contributed by atoms with Crippen molar-refractivity contribution in [1.29, 1.82) is 0 Å². The zero-order valence-corrected chi connectivity index (χ0v) is 4.26. The van der Waals surface area contributed by atoms with E-state index in [1.165, 1.54) is 6.92 Å². The average molecular weight is 104 g/mol. The fourth-order valence-corrected chi connectivity index (χ4v) is 0.206. The molecule has 0 saturated carbocycles. The number of rotatable bonds is 2. The van der Waals surface area contributed by atoms with E-state index in [0.717, 1.165) is 6.34 Å². The molecule has 42 valence electrons. The van der Waals surface area contributed by atoms with Crippen molar-refractivity contribution >= 4 is 6.34 Å². The first-order valence-electron chi connectivity index (χ1n) is 2.11. The van der Waals surface area contributed by atoms with Gasteiger partial charge >= 0.3 is 0 Å². The summed E-state index contributed by atoms with van der Waals surface area (Å²) in [7, 11) is 0. The van der Waals surface area contributed by atoms with Gasteiger partial charge in [0.1, 0.15) is 6.17 Å². The van der Waals surface area contributed by atoms with Crippen LogP contribution in [-0.2, 0) is 0 Å². The van der Waals surface area contributed by atoms with Crippen molar-refractivity contribution in [3.05, 3.63) is 0 Å². The molecule has 0 amide bonds. The molecule has 3 heteroatoms. The van der Waals surface area contributed by atoms with Crippen molar-refractivity contribution in [3.63, 3.8) is 0 Å². The first-order chi connectivity index (χ1) is 3.27. The fraction of sp³-hybridized carbons (Fsp3) is 0.750. The maximum absolute atomic E-state index is 11.7. The van der Waals surface area contributed by atoms with Crippen LogP contribution in [0.15, 0.2) is 4.99 Å². The molecular weight excluding hydrogens is 95.1 g/mol. The summed E-state index contributed by atoms with van der Waals surface area (Å²) in [5.41, 5.74) is 4.82. The molecule has 0 aliphatic rings. The molecule has 2 nitrogen and oxygen atoms in total. The number of hydrogen-bond acceptors (Lipinski definition) is 1. The summed E-state index contributed by atoms with van der Waals surface area (Å²) in [5.74, 6) is 0. The standard InChI is InChI=1S/C4H9FN2/c1-4(5)2-7-3-6/h3-4H,2H2,1H3,(H2,6,7). The lowest BCUT2D eigenvalue weighted by atomic mass is 10.5. The number of aliphatic imine (C=N–C) groups is 1. The topological polar surface area (TPSA) is 38.4 Å². The van der Waals surface area contributed by atoms with E-state index in [1.807, 2.05) is 0 Å². The molecule has 0 aromatic carbocycles. The molecule has 0 radical (unpaired) electrons. The Kier molecular flexibility index (Phi) is 3.28. The molecule has 0 rings (SSSR count). The van der Waals surface area contributed by atoms with Gasteiger partial charge in [-0.25, -0.2) is 4.39 Å². The highest BCUT2D eigenvalue weighted by Crippen LogP contribution is 1.85. The molecular formula is C4H9FN2. The van der Waals surface area contributed by atoms with Crippen molar-refractivity contribution < 1.29 is 4.39 Å². The highest BCUT2D eigenvalue weighted by Gasteiger charge is 1.90. The summed E-state index contributed by atoms with van der Waals surface area (Å²) in [6.07, 6.45) is 0.232. The quantitative estimate of drug-likeness (QED) is 0.398. The molecule has 0 aliphatic heterocycles. The van der Waals surface area contributed by atoms with Gasteiger partial charge in [-0.3, -0.25) is 4.99 Å². The van der Waals surface area contributed by atoms with E-state index in [0.29, 0.717) is 0 Å². The van der Waals surface area contributed by atoms with E-state index in [-0.39, 0.29) is 6.54 Å². The van der Waals surface area contributed by atoms with Gasteiger partial charge in [-0.2, -0.15) is 0 Å². The summed E-state index contributed by atoms with van der Waals surface area (Å²) in [4.78, 5) is 3.45. The Balaban J connectivity index is 2.97. The molecule has 0 aromatic rings. The second-order valence-electron chi connectivity index (χ2n) is 1.29. The first-order valence-corrected chi connectivity index (χ1v) is 2.11. The van der Waals surface area contributed by atoms with Crippen LogP contribution < -0.4 is 5.73 Å². The maximum Gasteiger partial charge on any atom is 0.117 e. The second-order valence-corrected chi connectivity index (χ2v) is 1.29. The van der Waals surface area contributed by atoms with Crippen molar-refractivity contribution in [1.82, 2.24) is 0 Å². The van der Waals surface area contributed by atoms with E-state index in [4.69, 9.17) is 5.73 Å². The number of halogens is 1. The molecule has 0 aromatic heterocycles. The smallest absolute Gasteiger partial charge is 0.117 e. The number of nitrogens with two attached hydrogens (primary N) is 1. The van der Waals surface area contributed by atoms with Crippen LogP contribution in [0.25, 0.3) is 0 Å². The molecule has 0 saturated heterocycles. The van der Waals surface area contributed by atoms with Gasteiger partial charge in [-0.05, 0) is 6.92 Å². The molecule has 1 atom stereocenters. The van der Waals surface area contributed by atoms with Crippen LogP contribution in [0.3, 0.4) is 0 Å². The van der Waals surface area contributed by atoms with Crippen LogP contribution in [-0.4, -0.2) is 19.1 Å². The van der Waals surface area contributed by atoms with Gasteiger partial charge in [0.05, 0.1) is 12.9 Å². The van der Waals surface area contributed by atoms with Crippen LogP contribution in [0.5, 0.6) is 0 Å². The molecule has 2 N–H and O–H groups in total. The number of nitrogens with zero attached hydrogens (tertiary/aromatic N) is 1. The van der Waals surface area contributed by atoms with Crippen LogP contribution in [0.4, 0.5) is 4.39 Å². The van der Waals surface area contributed by atoms with Crippen LogP contribution in [0.2, 0.25) is 0 Å². The van der Waals surface area contributed by atoms with E-state index in [1.54, 1.807) is 0 Å². The molecule has 0 bridgehead atoms. The zero-order valence-electron chi connectivity index (χ0n) is 4.26. The SMILES string of the molecule is CC(F)CN=CN. The van der Waals surface area contributed by atoms with Crippen molar-refractivity contribution in [3.8, 4) is 0 Å². The second kappa shape index (κ2) is 3.59. The van der Waals surface area contributed by atoms with E-state index < -0.39 is 6.17 Å². The van der Waals surface area contributed by atoms with Gasteiger partial charge in [-0.1, -0.05) is 0 Å². The van der Waals surface area contributed by atoms with Crippen molar-refractivity contribution in [2.75, 3.05) is 6.54 Å². The summed E-state index contributed by atoms with van der Waals surface area (Å²) >= 11 is 0. The summed E-state index contributed by atoms with van der Waals surface area (Å²) in [6, 6.07) is 0. The van der Waals surface area contributed by atoms with Crippen LogP contribution in [0, 0.1) is 0 Å². The lowest BCUT2D eigenvalue weighted by Gasteiger charge is -1.89.